The van der Waals surface area contributed by atoms with E-state index in [4.69, 9.17) is 15.0 Å². The minimum Gasteiger partial charge on any atom is -0.308 e. The number of hydrogen-bond acceptors (Lipinski definition) is 5. The Morgan fingerprint density at radius 2 is 0.831 bits per heavy atom. The van der Waals surface area contributed by atoms with Gasteiger partial charge in [0.15, 0.2) is 17.5 Å². The number of hydrogen-bond donors (Lipinski definition) is 0. The first-order valence-corrected chi connectivity index (χ1v) is 25.5. The predicted octanol–water partition coefficient (Wildman–Crippen LogP) is 18.3. The van der Waals surface area contributed by atoms with Gasteiger partial charge < -0.3 is 4.57 Å². The lowest BCUT2D eigenvalue weighted by atomic mass is 10.0. The lowest BCUT2D eigenvalue weighted by molar-refractivity contribution is 1.08. The second kappa shape index (κ2) is 15.9. The summed E-state index contributed by atoms with van der Waals surface area (Å²) in [7, 11) is 0. The molecule has 0 aliphatic heterocycles. The monoisotopic (exact) mass is 938 g/mol. The molecule has 0 fully saturated rings. The van der Waals surface area contributed by atoms with Crippen LogP contribution in [0.25, 0.3) is 146 Å². The average molecular weight is 939 g/mol. The second-order valence-electron chi connectivity index (χ2n) is 18.3. The highest BCUT2D eigenvalue weighted by atomic mass is 32.1. The fourth-order valence-corrected chi connectivity index (χ4v) is 13.1. The molecule has 6 heteroatoms. The molecular formula is C65H38N4S2. The van der Waals surface area contributed by atoms with Crippen LogP contribution < -0.4 is 0 Å². The molecule has 0 aliphatic rings. The fraction of sp³-hybridized carbons (Fsp3) is 0. The molecule has 4 nitrogen and oxygen atoms in total. The Kier molecular flexibility index (Phi) is 8.97. The van der Waals surface area contributed by atoms with Gasteiger partial charge in [0.1, 0.15) is 0 Å². The number of thiophene rings is 2. The van der Waals surface area contributed by atoms with E-state index in [1.165, 1.54) is 106 Å². The van der Waals surface area contributed by atoms with Crippen molar-refractivity contribution in [1.29, 1.82) is 0 Å². The minimum atomic E-state index is 0.638. The first kappa shape index (κ1) is 40.1. The second-order valence-corrected chi connectivity index (χ2v) is 20.5. The van der Waals surface area contributed by atoms with E-state index in [9.17, 15) is 0 Å². The Bertz CT molecular complexity index is 4630. The van der Waals surface area contributed by atoms with Crippen molar-refractivity contribution in [2.45, 2.75) is 0 Å². The van der Waals surface area contributed by atoms with E-state index in [1.54, 1.807) is 0 Å². The molecule has 330 valence electrons. The number of aromatic nitrogens is 4. The molecule has 0 spiro atoms. The van der Waals surface area contributed by atoms with Gasteiger partial charge in [-0.05, 0) is 104 Å². The van der Waals surface area contributed by atoms with Crippen molar-refractivity contribution < 1.29 is 0 Å². The topological polar surface area (TPSA) is 43.6 Å². The first-order valence-electron chi connectivity index (χ1n) is 23.9. The van der Waals surface area contributed by atoms with Crippen LogP contribution in [0.5, 0.6) is 0 Å². The third kappa shape index (κ3) is 6.53. The van der Waals surface area contributed by atoms with Crippen LogP contribution in [0.1, 0.15) is 0 Å². The maximum atomic E-state index is 5.31. The van der Waals surface area contributed by atoms with Crippen molar-refractivity contribution in [3.05, 3.63) is 231 Å². The van der Waals surface area contributed by atoms with Crippen LogP contribution in [0.15, 0.2) is 231 Å². The van der Waals surface area contributed by atoms with Crippen molar-refractivity contribution in [1.82, 2.24) is 19.5 Å². The van der Waals surface area contributed by atoms with Gasteiger partial charge in [0, 0.05) is 63.1 Å². The molecule has 11 aromatic carbocycles. The Balaban J connectivity index is 0.899. The van der Waals surface area contributed by atoms with Gasteiger partial charge in [-0.1, -0.05) is 170 Å². The molecule has 0 radical (unpaired) electrons. The maximum absolute atomic E-state index is 5.31. The summed E-state index contributed by atoms with van der Waals surface area (Å²) in [5, 5.41) is 12.4. The lowest BCUT2D eigenvalue weighted by Gasteiger charge is -2.10. The van der Waals surface area contributed by atoms with Crippen molar-refractivity contribution in [2.24, 2.45) is 0 Å². The zero-order chi connectivity index (χ0) is 46.6. The Hall–Kier alpha value is -8.81. The maximum Gasteiger partial charge on any atom is 0.164 e. The Morgan fingerprint density at radius 3 is 1.62 bits per heavy atom. The molecule has 4 aromatic heterocycles. The summed E-state index contributed by atoms with van der Waals surface area (Å²) in [5.74, 6) is 1.92. The summed E-state index contributed by atoms with van der Waals surface area (Å²) in [5.41, 5.74) is 11.1. The van der Waals surface area contributed by atoms with Gasteiger partial charge in [-0.3, -0.25) is 0 Å². The third-order valence-corrected chi connectivity index (χ3v) is 16.5. The van der Waals surface area contributed by atoms with Gasteiger partial charge in [0.25, 0.3) is 0 Å². The molecule has 0 atom stereocenters. The Labute approximate surface area is 416 Å². The SMILES string of the molecule is c1ccc(-c2ccc(-c3nc(-c4ccc5c(c4)sc4c(-n6c7ccc(-c8ccccc8)cc7c7c8ccccc8ccc76)cccc45)nc(-c4ccc5sc6cc7ccccc7cc6c5c4)n3)cc2)cc1. The van der Waals surface area contributed by atoms with E-state index in [0.717, 1.165) is 22.3 Å². The molecular weight excluding hydrogens is 901 g/mol. The van der Waals surface area contributed by atoms with Gasteiger partial charge >= 0.3 is 0 Å². The minimum absolute atomic E-state index is 0.638. The molecule has 0 saturated carbocycles. The first-order chi connectivity index (χ1) is 35.1. The Morgan fingerprint density at radius 1 is 0.282 bits per heavy atom. The molecule has 71 heavy (non-hydrogen) atoms. The van der Waals surface area contributed by atoms with Gasteiger partial charge in [-0.15, -0.1) is 22.7 Å². The molecule has 0 aliphatic carbocycles. The number of nitrogens with zero attached hydrogens (tertiary/aromatic N) is 4. The van der Waals surface area contributed by atoms with Crippen molar-refractivity contribution >= 4 is 106 Å². The largest absolute Gasteiger partial charge is 0.308 e. The smallest absolute Gasteiger partial charge is 0.164 e. The molecule has 4 heterocycles. The quantitative estimate of drug-likeness (QED) is 0.167. The molecule has 0 unspecified atom stereocenters. The summed E-state index contributed by atoms with van der Waals surface area (Å²) < 4.78 is 7.41. The van der Waals surface area contributed by atoms with Crippen molar-refractivity contribution in [3.8, 4) is 62.1 Å². The lowest BCUT2D eigenvalue weighted by Crippen LogP contribution is -2.00. The zero-order valence-electron chi connectivity index (χ0n) is 38.0. The average Bonchev–Trinajstić information content (AvgIpc) is 4.11. The molecule has 0 amide bonds. The van der Waals surface area contributed by atoms with Crippen LogP contribution in [-0.4, -0.2) is 19.5 Å². The molecule has 0 N–H and O–H groups in total. The fourth-order valence-electron chi connectivity index (χ4n) is 10.8. The number of fused-ring (bicyclic) bond motifs is 12. The van der Waals surface area contributed by atoms with E-state index in [0.29, 0.717) is 17.5 Å². The zero-order valence-corrected chi connectivity index (χ0v) is 39.7. The summed E-state index contributed by atoms with van der Waals surface area (Å²) in [6.45, 7) is 0. The van der Waals surface area contributed by atoms with Gasteiger partial charge in [-0.25, -0.2) is 15.0 Å². The van der Waals surface area contributed by atoms with E-state index in [2.05, 4.69) is 229 Å². The molecule has 0 bridgehead atoms. The van der Waals surface area contributed by atoms with Gasteiger partial charge in [0.2, 0.25) is 0 Å². The van der Waals surface area contributed by atoms with Crippen LogP contribution in [-0.2, 0) is 0 Å². The van der Waals surface area contributed by atoms with Crippen LogP contribution >= 0.6 is 22.7 Å². The molecule has 15 rings (SSSR count). The van der Waals surface area contributed by atoms with E-state index < -0.39 is 0 Å². The predicted molar refractivity (Wildman–Crippen MR) is 302 cm³/mol. The van der Waals surface area contributed by atoms with Crippen molar-refractivity contribution in [2.75, 3.05) is 0 Å². The van der Waals surface area contributed by atoms with Crippen molar-refractivity contribution in [3.63, 3.8) is 0 Å². The standard InChI is InChI=1S/C65H38N4S2/c1-3-12-39(13-4-1)41-22-24-43(25-23-41)63-66-64(47-29-33-58-52(36-47)53-34-44-17-7-8-18-45(44)37-60(53)70-58)68-65(67-63)48-26-30-50-51-20-11-21-57(62(51)71-59(50)38-48)69-55-31-28-46(40-14-5-2-6-15-40)35-54(55)61-49-19-10-9-16-42(49)27-32-56(61)69/h1-38H. The van der Waals surface area contributed by atoms with Crippen LogP contribution in [0.3, 0.4) is 0 Å². The number of rotatable bonds is 6. The summed E-state index contributed by atoms with van der Waals surface area (Å²) in [6, 6.07) is 83.4. The van der Waals surface area contributed by atoms with E-state index in [1.807, 2.05) is 28.7 Å². The highest BCUT2D eigenvalue weighted by molar-refractivity contribution is 7.26. The summed E-state index contributed by atoms with van der Waals surface area (Å²) >= 11 is 3.66. The molecule has 0 saturated heterocycles. The van der Waals surface area contributed by atoms with E-state index in [-0.39, 0.29) is 0 Å². The van der Waals surface area contributed by atoms with Crippen LogP contribution in [0.4, 0.5) is 0 Å². The van der Waals surface area contributed by atoms with Gasteiger partial charge in [-0.2, -0.15) is 0 Å². The summed E-state index contributed by atoms with van der Waals surface area (Å²) in [6.07, 6.45) is 0. The highest BCUT2D eigenvalue weighted by Gasteiger charge is 2.21. The van der Waals surface area contributed by atoms with Crippen LogP contribution in [0, 0.1) is 0 Å². The number of benzene rings is 11. The highest BCUT2D eigenvalue weighted by Crippen LogP contribution is 2.45. The molecule has 15 aromatic rings. The van der Waals surface area contributed by atoms with Crippen LogP contribution in [0.2, 0.25) is 0 Å². The summed E-state index contributed by atoms with van der Waals surface area (Å²) in [4.78, 5) is 15.8. The van der Waals surface area contributed by atoms with Gasteiger partial charge in [0.05, 0.1) is 21.4 Å². The normalized spacial score (nSPS) is 11.9. The van der Waals surface area contributed by atoms with E-state index >= 15 is 0 Å². The third-order valence-electron chi connectivity index (χ3n) is 14.2.